The molecule has 0 bridgehead atoms. The largest absolute Gasteiger partial charge is 0.455 e. The highest BCUT2D eigenvalue weighted by atomic mass is 16.3. The fourth-order valence-corrected chi connectivity index (χ4v) is 2.80. The Kier molecular flexibility index (Phi) is 3.28. The van der Waals surface area contributed by atoms with Crippen molar-refractivity contribution in [2.45, 2.75) is 26.2 Å². The Labute approximate surface area is 129 Å². The summed E-state index contributed by atoms with van der Waals surface area (Å²) in [5, 5.41) is 0.821. The van der Waals surface area contributed by atoms with Crippen molar-refractivity contribution in [2.24, 2.45) is 5.73 Å². The average Bonchev–Trinajstić information content (AvgIpc) is 2.86. The quantitative estimate of drug-likeness (QED) is 0.756. The summed E-state index contributed by atoms with van der Waals surface area (Å²) in [5.74, 6) is 0.0779. The Morgan fingerprint density at radius 1 is 1.00 bits per heavy atom. The summed E-state index contributed by atoms with van der Waals surface area (Å²) in [7, 11) is 0. The first kappa shape index (κ1) is 14.4. The van der Waals surface area contributed by atoms with Crippen molar-refractivity contribution in [2.75, 3.05) is 0 Å². The first-order valence-electron chi connectivity index (χ1n) is 7.31. The highest BCUT2D eigenvalue weighted by Gasteiger charge is 2.26. The van der Waals surface area contributed by atoms with Gasteiger partial charge in [0.2, 0.25) is 0 Å². The minimum absolute atomic E-state index is 0.110. The number of amides is 1. The third-order valence-corrected chi connectivity index (χ3v) is 3.81. The standard InChI is InChI=1S/C19H19NO2/c1-19(2,3)13-10-7-11-14-15(13)16(18(20)21)17(22-14)12-8-5-4-6-9-12/h4-11H,1-3H3,(H2,20,21). The van der Waals surface area contributed by atoms with Crippen LogP contribution in [0.3, 0.4) is 0 Å². The van der Waals surface area contributed by atoms with Crippen LogP contribution >= 0.6 is 0 Å². The second kappa shape index (κ2) is 5.02. The maximum Gasteiger partial charge on any atom is 0.253 e. The predicted molar refractivity (Wildman–Crippen MR) is 88.9 cm³/mol. The molecule has 3 aromatic rings. The lowest BCUT2D eigenvalue weighted by Crippen LogP contribution is -2.16. The number of furan rings is 1. The van der Waals surface area contributed by atoms with Gasteiger partial charge in [-0.1, -0.05) is 63.2 Å². The molecule has 1 heterocycles. The van der Waals surface area contributed by atoms with Crippen LogP contribution in [0, 0.1) is 0 Å². The number of carbonyl (C=O) groups excluding carboxylic acids is 1. The lowest BCUT2D eigenvalue weighted by atomic mass is 9.83. The van der Waals surface area contributed by atoms with E-state index in [9.17, 15) is 4.79 Å². The summed E-state index contributed by atoms with van der Waals surface area (Å²) >= 11 is 0. The molecule has 0 saturated heterocycles. The van der Waals surface area contributed by atoms with E-state index in [1.54, 1.807) is 0 Å². The number of primary amides is 1. The molecular formula is C19H19NO2. The zero-order valence-corrected chi connectivity index (χ0v) is 13.0. The molecule has 0 aliphatic rings. The molecule has 2 aromatic carbocycles. The smallest absolute Gasteiger partial charge is 0.253 e. The van der Waals surface area contributed by atoms with Crippen molar-refractivity contribution in [1.82, 2.24) is 0 Å². The first-order chi connectivity index (χ1) is 10.4. The maximum absolute atomic E-state index is 12.1. The van der Waals surface area contributed by atoms with E-state index in [0.717, 1.165) is 16.5 Å². The van der Waals surface area contributed by atoms with Gasteiger partial charge in [-0.3, -0.25) is 4.79 Å². The third kappa shape index (κ3) is 2.29. The average molecular weight is 293 g/mol. The van der Waals surface area contributed by atoms with Gasteiger partial charge in [-0.05, 0) is 17.0 Å². The van der Waals surface area contributed by atoms with Crippen molar-refractivity contribution >= 4 is 16.9 Å². The second-order valence-electron chi connectivity index (χ2n) is 6.47. The Balaban J connectivity index is 2.42. The first-order valence-corrected chi connectivity index (χ1v) is 7.31. The molecule has 3 nitrogen and oxygen atoms in total. The highest BCUT2D eigenvalue weighted by Crippen LogP contribution is 2.39. The Morgan fingerprint density at radius 3 is 2.27 bits per heavy atom. The zero-order chi connectivity index (χ0) is 15.9. The zero-order valence-electron chi connectivity index (χ0n) is 13.0. The highest BCUT2D eigenvalue weighted by molar-refractivity contribution is 6.11. The number of carbonyl (C=O) groups is 1. The van der Waals surface area contributed by atoms with Gasteiger partial charge < -0.3 is 10.2 Å². The Morgan fingerprint density at radius 2 is 1.68 bits per heavy atom. The van der Waals surface area contributed by atoms with E-state index in [2.05, 4.69) is 20.8 Å². The molecule has 0 unspecified atom stereocenters. The van der Waals surface area contributed by atoms with Crippen LogP contribution in [0.1, 0.15) is 36.7 Å². The molecule has 0 fully saturated rings. The molecular weight excluding hydrogens is 274 g/mol. The van der Waals surface area contributed by atoms with Crippen LogP contribution in [0.15, 0.2) is 52.9 Å². The van der Waals surface area contributed by atoms with Gasteiger partial charge in [0.25, 0.3) is 5.91 Å². The Hall–Kier alpha value is -2.55. The number of benzene rings is 2. The van der Waals surface area contributed by atoms with Crippen LogP contribution in [-0.2, 0) is 5.41 Å². The summed E-state index contributed by atoms with van der Waals surface area (Å²) < 4.78 is 5.98. The van der Waals surface area contributed by atoms with E-state index in [-0.39, 0.29) is 5.41 Å². The molecule has 22 heavy (non-hydrogen) atoms. The van der Waals surface area contributed by atoms with E-state index in [1.165, 1.54) is 0 Å². The predicted octanol–water partition coefficient (Wildman–Crippen LogP) is 4.50. The van der Waals surface area contributed by atoms with E-state index in [1.807, 2.05) is 48.5 Å². The van der Waals surface area contributed by atoms with Crippen LogP contribution in [0.4, 0.5) is 0 Å². The van der Waals surface area contributed by atoms with Gasteiger partial charge in [-0.2, -0.15) is 0 Å². The van der Waals surface area contributed by atoms with Crippen molar-refractivity contribution in [3.05, 3.63) is 59.7 Å². The van der Waals surface area contributed by atoms with Crippen molar-refractivity contribution in [1.29, 1.82) is 0 Å². The van der Waals surface area contributed by atoms with Crippen LogP contribution < -0.4 is 5.73 Å². The van der Waals surface area contributed by atoms with Gasteiger partial charge in [0.15, 0.2) is 0 Å². The molecule has 0 atom stereocenters. The van der Waals surface area contributed by atoms with Crippen LogP contribution in [0.25, 0.3) is 22.3 Å². The molecule has 1 aromatic heterocycles. The summed E-state index contributed by atoms with van der Waals surface area (Å²) in [5.41, 5.74) is 8.64. The lowest BCUT2D eigenvalue weighted by molar-refractivity contribution is 0.100. The number of hydrogen-bond acceptors (Lipinski definition) is 2. The van der Waals surface area contributed by atoms with Gasteiger partial charge in [-0.25, -0.2) is 0 Å². The van der Waals surface area contributed by atoms with E-state index in [0.29, 0.717) is 16.9 Å². The number of hydrogen-bond donors (Lipinski definition) is 1. The molecule has 0 spiro atoms. The fraction of sp³-hybridized carbons (Fsp3) is 0.211. The maximum atomic E-state index is 12.1. The molecule has 1 amide bonds. The van der Waals surface area contributed by atoms with Crippen molar-refractivity contribution in [3.8, 4) is 11.3 Å². The molecule has 0 aliphatic heterocycles. The molecule has 3 rings (SSSR count). The molecule has 0 aliphatic carbocycles. The number of fused-ring (bicyclic) bond motifs is 1. The second-order valence-corrected chi connectivity index (χ2v) is 6.47. The number of rotatable bonds is 2. The van der Waals surface area contributed by atoms with Gasteiger partial charge in [-0.15, -0.1) is 0 Å². The monoisotopic (exact) mass is 293 g/mol. The van der Waals surface area contributed by atoms with Crippen LogP contribution in [0.2, 0.25) is 0 Å². The molecule has 0 radical (unpaired) electrons. The summed E-state index contributed by atoms with van der Waals surface area (Å²) in [6, 6.07) is 15.4. The van der Waals surface area contributed by atoms with Crippen molar-refractivity contribution < 1.29 is 9.21 Å². The van der Waals surface area contributed by atoms with Gasteiger partial charge in [0.1, 0.15) is 11.3 Å². The topological polar surface area (TPSA) is 56.2 Å². The van der Waals surface area contributed by atoms with Crippen LogP contribution in [0.5, 0.6) is 0 Å². The molecule has 112 valence electrons. The summed E-state index contributed by atoms with van der Waals surface area (Å²) in [6.45, 7) is 6.34. The molecule has 0 saturated carbocycles. The van der Waals surface area contributed by atoms with E-state index in [4.69, 9.17) is 10.2 Å². The minimum atomic E-state index is -0.464. The SMILES string of the molecule is CC(C)(C)c1cccc2oc(-c3ccccc3)c(C(N)=O)c12. The lowest BCUT2D eigenvalue weighted by Gasteiger charge is -2.20. The molecule has 3 heteroatoms. The van der Waals surface area contributed by atoms with E-state index < -0.39 is 5.91 Å². The van der Waals surface area contributed by atoms with Crippen LogP contribution in [-0.4, -0.2) is 5.91 Å². The summed E-state index contributed by atoms with van der Waals surface area (Å²) in [4.78, 5) is 12.1. The normalized spacial score (nSPS) is 11.8. The van der Waals surface area contributed by atoms with Gasteiger partial charge in [0.05, 0.1) is 5.56 Å². The fourth-order valence-electron chi connectivity index (χ4n) is 2.80. The van der Waals surface area contributed by atoms with Crippen molar-refractivity contribution in [3.63, 3.8) is 0 Å². The third-order valence-electron chi connectivity index (χ3n) is 3.81. The molecule has 2 N–H and O–H groups in total. The van der Waals surface area contributed by atoms with E-state index >= 15 is 0 Å². The number of nitrogens with two attached hydrogens (primary N) is 1. The summed E-state index contributed by atoms with van der Waals surface area (Å²) in [6.07, 6.45) is 0. The minimum Gasteiger partial charge on any atom is -0.455 e. The Bertz CT molecular complexity index is 839. The van der Waals surface area contributed by atoms with Gasteiger partial charge >= 0.3 is 0 Å². The van der Waals surface area contributed by atoms with Gasteiger partial charge in [0, 0.05) is 10.9 Å².